The fourth-order valence-electron chi connectivity index (χ4n) is 3.64. The molecule has 0 aromatic carbocycles. The Morgan fingerprint density at radius 2 is 1.69 bits per heavy atom. The molecule has 0 spiro atoms. The molecule has 0 N–H and O–H groups in total. The highest BCUT2D eigenvalue weighted by Gasteiger charge is 2.35. The molecular formula is C18H27N5O2S. The summed E-state index contributed by atoms with van der Waals surface area (Å²) < 4.78 is 0. The maximum absolute atomic E-state index is 12.6. The minimum absolute atomic E-state index is 0.196. The van der Waals surface area contributed by atoms with E-state index in [2.05, 4.69) is 20.2 Å². The smallest absolute Gasteiger partial charge is 0.236 e. The van der Waals surface area contributed by atoms with Gasteiger partial charge in [-0.2, -0.15) is 0 Å². The molecule has 3 fully saturated rings. The molecule has 1 aromatic rings. The molecule has 0 bridgehead atoms. The molecule has 7 nitrogen and oxygen atoms in total. The SMILES string of the molecule is Cc1csc(N2CCN(CC(=O)N3CCN(C(=O)C4CC4)CC3)CC2)n1. The zero-order valence-electron chi connectivity index (χ0n) is 15.4. The molecule has 0 unspecified atom stereocenters. The normalized spacial score (nSPS) is 22.0. The quantitative estimate of drug-likeness (QED) is 0.771. The summed E-state index contributed by atoms with van der Waals surface area (Å²) in [6, 6.07) is 0. The van der Waals surface area contributed by atoms with Crippen LogP contribution in [0.1, 0.15) is 18.5 Å². The van der Waals surface area contributed by atoms with Gasteiger partial charge in [-0.3, -0.25) is 14.5 Å². The molecule has 2 aliphatic heterocycles. The highest BCUT2D eigenvalue weighted by Crippen LogP contribution is 2.31. The number of thiazole rings is 1. The molecule has 3 aliphatic rings. The molecule has 26 heavy (non-hydrogen) atoms. The summed E-state index contributed by atoms with van der Waals surface area (Å²) in [5.74, 6) is 0.767. The Morgan fingerprint density at radius 3 is 2.27 bits per heavy atom. The van der Waals surface area contributed by atoms with Crippen LogP contribution in [0.2, 0.25) is 0 Å². The number of anilines is 1. The van der Waals surface area contributed by atoms with Gasteiger partial charge in [0.15, 0.2) is 5.13 Å². The highest BCUT2D eigenvalue weighted by atomic mass is 32.1. The molecule has 142 valence electrons. The van der Waals surface area contributed by atoms with Crippen molar-refractivity contribution in [3.8, 4) is 0 Å². The second-order valence-corrected chi connectivity index (χ2v) is 8.35. The number of carbonyl (C=O) groups excluding carboxylic acids is 2. The standard InChI is InChI=1S/C18H27N5O2S/c1-14-13-26-18(19-14)23-6-4-20(5-7-23)12-16(24)21-8-10-22(11-9-21)17(25)15-2-3-15/h13,15H,2-12H2,1H3. The Labute approximate surface area is 158 Å². The van der Waals surface area contributed by atoms with Gasteiger partial charge >= 0.3 is 0 Å². The minimum Gasteiger partial charge on any atom is -0.346 e. The second kappa shape index (κ2) is 7.52. The predicted molar refractivity (Wildman–Crippen MR) is 101 cm³/mol. The van der Waals surface area contributed by atoms with Crippen LogP contribution in [0.5, 0.6) is 0 Å². The van der Waals surface area contributed by atoms with Crippen molar-refractivity contribution in [2.75, 3.05) is 63.8 Å². The lowest BCUT2D eigenvalue weighted by atomic mass is 10.2. The molecule has 2 amide bonds. The van der Waals surface area contributed by atoms with Crippen LogP contribution in [0.25, 0.3) is 0 Å². The summed E-state index contributed by atoms with van der Waals surface area (Å²) in [6.45, 7) is 8.87. The zero-order chi connectivity index (χ0) is 18.1. The lowest BCUT2D eigenvalue weighted by molar-refractivity contribution is -0.140. The summed E-state index contributed by atoms with van der Waals surface area (Å²) in [5.41, 5.74) is 1.07. The van der Waals surface area contributed by atoms with E-state index in [9.17, 15) is 9.59 Å². The lowest BCUT2D eigenvalue weighted by Crippen LogP contribution is -2.54. The predicted octanol–water partition coefficient (Wildman–Crippen LogP) is 0.654. The van der Waals surface area contributed by atoms with Gasteiger partial charge in [0, 0.05) is 63.7 Å². The number of amides is 2. The van der Waals surface area contributed by atoms with E-state index in [0.29, 0.717) is 38.6 Å². The van der Waals surface area contributed by atoms with Crippen LogP contribution in [0.15, 0.2) is 5.38 Å². The van der Waals surface area contributed by atoms with Crippen molar-refractivity contribution in [1.82, 2.24) is 19.7 Å². The Kier molecular flexibility index (Phi) is 5.13. The number of rotatable bonds is 4. The first-order chi connectivity index (χ1) is 12.6. The number of hydrogen-bond acceptors (Lipinski definition) is 6. The van der Waals surface area contributed by atoms with E-state index >= 15 is 0 Å². The molecule has 0 radical (unpaired) electrons. The van der Waals surface area contributed by atoms with Crippen molar-refractivity contribution in [1.29, 1.82) is 0 Å². The van der Waals surface area contributed by atoms with Gasteiger partial charge < -0.3 is 14.7 Å². The van der Waals surface area contributed by atoms with Crippen LogP contribution in [-0.2, 0) is 9.59 Å². The number of piperazine rings is 2. The van der Waals surface area contributed by atoms with E-state index in [1.165, 1.54) is 0 Å². The number of aryl methyl sites for hydroxylation is 1. The van der Waals surface area contributed by atoms with Crippen molar-refractivity contribution in [3.05, 3.63) is 11.1 Å². The maximum atomic E-state index is 12.6. The van der Waals surface area contributed by atoms with E-state index in [-0.39, 0.29) is 11.8 Å². The minimum atomic E-state index is 0.196. The Bertz CT molecular complexity index is 658. The van der Waals surface area contributed by atoms with E-state index in [4.69, 9.17) is 0 Å². The van der Waals surface area contributed by atoms with Gasteiger partial charge in [-0.05, 0) is 19.8 Å². The average Bonchev–Trinajstić information content (AvgIpc) is 3.43. The van der Waals surface area contributed by atoms with Crippen molar-refractivity contribution in [2.24, 2.45) is 5.92 Å². The van der Waals surface area contributed by atoms with E-state index in [0.717, 1.165) is 49.8 Å². The molecule has 8 heteroatoms. The molecule has 1 aliphatic carbocycles. The fourth-order valence-corrected chi connectivity index (χ4v) is 4.50. The van der Waals surface area contributed by atoms with Crippen LogP contribution < -0.4 is 4.90 Å². The Morgan fingerprint density at radius 1 is 1.04 bits per heavy atom. The molecule has 1 aromatic heterocycles. The van der Waals surface area contributed by atoms with Crippen LogP contribution >= 0.6 is 11.3 Å². The summed E-state index contributed by atoms with van der Waals surface area (Å²) in [5, 5.41) is 3.17. The Balaban J connectivity index is 1.20. The first-order valence-corrected chi connectivity index (χ1v) is 10.4. The number of hydrogen-bond donors (Lipinski definition) is 0. The van der Waals surface area contributed by atoms with Crippen LogP contribution in [0.4, 0.5) is 5.13 Å². The van der Waals surface area contributed by atoms with Crippen LogP contribution in [0.3, 0.4) is 0 Å². The lowest BCUT2D eigenvalue weighted by Gasteiger charge is -2.38. The van der Waals surface area contributed by atoms with E-state index in [1.54, 1.807) is 11.3 Å². The summed E-state index contributed by atoms with van der Waals surface area (Å²) in [6.07, 6.45) is 2.09. The van der Waals surface area contributed by atoms with Crippen molar-refractivity contribution in [3.63, 3.8) is 0 Å². The highest BCUT2D eigenvalue weighted by molar-refractivity contribution is 7.13. The van der Waals surface area contributed by atoms with Crippen molar-refractivity contribution < 1.29 is 9.59 Å². The summed E-state index contributed by atoms with van der Waals surface area (Å²) in [4.78, 5) is 37.7. The number of aromatic nitrogens is 1. The summed E-state index contributed by atoms with van der Waals surface area (Å²) >= 11 is 1.69. The number of carbonyl (C=O) groups is 2. The zero-order valence-corrected chi connectivity index (χ0v) is 16.2. The number of nitrogens with zero attached hydrogens (tertiary/aromatic N) is 5. The topological polar surface area (TPSA) is 60.0 Å². The van der Waals surface area contributed by atoms with Gasteiger partial charge in [-0.15, -0.1) is 11.3 Å². The molecule has 2 saturated heterocycles. The monoisotopic (exact) mass is 377 g/mol. The van der Waals surface area contributed by atoms with Crippen LogP contribution in [0, 0.1) is 12.8 Å². The van der Waals surface area contributed by atoms with Gasteiger partial charge in [0.2, 0.25) is 11.8 Å². The largest absolute Gasteiger partial charge is 0.346 e. The van der Waals surface area contributed by atoms with E-state index < -0.39 is 0 Å². The molecule has 1 saturated carbocycles. The first kappa shape index (κ1) is 17.7. The third kappa shape index (κ3) is 4.01. The summed E-state index contributed by atoms with van der Waals surface area (Å²) in [7, 11) is 0. The van der Waals surface area contributed by atoms with Gasteiger partial charge in [0.25, 0.3) is 0 Å². The Hall–Kier alpha value is -1.67. The van der Waals surface area contributed by atoms with Gasteiger partial charge in [-0.1, -0.05) is 0 Å². The second-order valence-electron chi connectivity index (χ2n) is 7.52. The van der Waals surface area contributed by atoms with Crippen molar-refractivity contribution in [2.45, 2.75) is 19.8 Å². The molecular weight excluding hydrogens is 350 g/mol. The fraction of sp³-hybridized carbons (Fsp3) is 0.722. The van der Waals surface area contributed by atoms with E-state index in [1.807, 2.05) is 16.7 Å². The third-order valence-electron chi connectivity index (χ3n) is 5.48. The average molecular weight is 378 g/mol. The molecule has 0 atom stereocenters. The molecule has 3 heterocycles. The first-order valence-electron chi connectivity index (χ1n) is 9.56. The maximum Gasteiger partial charge on any atom is 0.236 e. The van der Waals surface area contributed by atoms with Crippen molar-refractivity contribution >= 4 is 28.3 Å². The third-order valence-corrected chi connectivity index (χ3v) is 6.50. The van der Waals surface area contributed by atoms with Gasteiger partial charge in [0.05, 0.1) is 12.2 Å². The van der Waals surface area contributed by atoms with Gasteiger partial charge in [-0.25, -0.2) is 4.98 Å². The molecule has 4 rings (SSSR count). The van der Waals surface area contributed by atoms with Crippen LogP contribution in [-0.4, -0.2) is 90.4 Å². The van der Waals surface area contributed by atoms with Gasteiger partial charge in [0.1, 0.15) is 0 Å².